The summed E-state index contributed by atoms with van der Waals surface area (Å²) in [6, 6.07) is 16.1. The largest absolute Gasteiger partial charge is 0.494 e. The number of carbonyl (C=O) groups excluding carboxylic acids is 2. The summed E-state index contributed by atoms with van der Waals surface area (Å²) in [5, 5.41) is 1.18. The zero-order valence-electron chi connectivity index (χ0n) is 21.4. The highest BCUT2D eigenvalue weighted by Gasteiger charge is 2.21. The molecule has 0 bridgehead atoms. The van der Waals surface area contributed by atoms with E-state index in [0.717, 1.165) is 42.5 Å². The summed E-state index contributed by atoms with van der Waals surface area (Å²) in [5.41, 5.74) is 3.33. The Bertz CT molecular complexity index is 1070. The van der Waals surface area contributed by atoms with E-state index >= 15 is 0 Å². The van der Waals surface area contributed by atoms with E-state index in [1.54, 1.807) is 4.90 Å². The van der Waals surface area contributed by atoms with Gasteiger partial charge in [0.1, 0.15) is 5.75 Å². The van der Waals surface area contributed by atoms with Crippen molar-refractivity contribution in [1.82, 2.24) is 14.8 Å². The van der Waals surface area contributed by atoms with Crippen molar-refractivity contribution in [1.29, 1.82) is 0 Å². The summed E-state index contributed by atoms with van der Waals surface area (Å²) in [6.07, 6.45) is 5.92. The Balaban J connectivity index is 1.75. The Hall–Kier alpha value is -3.28. The molecule has 1 N–H and O–H groups in total. The van der Waals surface area contributed by atoms with Crippen LogP contribution < -0.4 is 4.74 Å². The lowest BCUT2D eigenvalue weighted by Gasteiger charge is -2.28. The maximum Gasteiger partial charge on any atom is 0.242 e. The second-order valence-corrected chi connectivity index (χ2v) is 8.92. The smallest absolute Gasteiger partial charge is 0.242 e. The second-order valence-electron chi connectivity index (χ2n) is 8.92. The van der Waals surface area contributed by atoms with Crippen LogP contribution in [-0.2, 0) is 22.6 Å². The molecule has 6 heteroatoms. The number of unbranched alkanes of at least 4 members (excludes halogenated alkanes) is 1. The predicted octanol–water partition coefficient (Wildman–Crippen LogP) is 5.57. The summed E-state index contributed by atoms with van der Waals surface area (Å²) in [4.78, 5) is 33.2. The number of fused-ring (bicyclic) bond motifs is 1. The van der Waals surface area contributed by atoms with Gasteiger partial charge < -0.3 is 19.5 Å². The average Bonchev–Trinajstić information content (AvgIpc) is 3.29. The van der Waals surface area contributed by atoms with E-state index in [2.05, 4.69) is 24.0 Å². The Labute approximate surface area is 209 Å². The van der Waals surface area contributed by atoms with Gasteiger partial charge in [0.05, 0.1) is 13.2 Å². The van der Waals surface area contributed by atoms with Crippen LogP contribution in [0.25, 0.3) is 10.9 Å². The first-order chi connectivity index (χ1) is 17.0. The predicted molar refractivity (Wildman–Crippen MR) is 141 cm³/mol. The molecule has 3 aromatic rings. The molecule has 2 amide bonds. The zero-order chi connectivity index (χ0) is 25.0. The molecule has 3 rings (SSSR count). The lowest BCUT2D eigenvalue weighted by molar-refractivity contribution is -0.141. The van der Waals surface area contributed by atoms with Gasteiger partial charge in [-0.15, -0.1) is 0 Å². The Morgan fingerprint density at radius 1 is 0.886 bits per heavy atom. The zero-order valence-corrected chi connectivity index (χ0v) is 21.4. The van der Waals surface area contributed by atoms with Crippen molar-refractivity contribution in [2.45, 2.75) is 59.4 Å². The fraction of sp³-hybridized carbons (Fsp3) is 0.448. The lowest BCUT2D eigenvalue weighted by Crippen LogP contribution is -2.43. The number of aromatic nitrogens is 1. The fourth-order valence-electron chi connectivity index (χ4n) is 4.28. The van der Waals surface area contributed by atoms with Crippen molar-refractivity contribution in [3.8, 4) is 5.75 Å². The molecule has 1 aromatic heterocycles. The number of aromatic amines is 1. The van der Waals surface area contributed by atoms with Gasteiger partial charge in [0.25, 0.3) is 0 Å². The molecule has 0 saturated heterocycles. The number of benzene rings is 2. The second kappa shape index (κ2) is 13.6. The fourth-order valence-corrected chi connectivity index (χ4v) is 4.28. The molecule has 0 aliphatic heterocycles. The van der Waals surface area contributed by atoms with Crippen molar-refractivity contribution in [2.75, 3.05) is 26.2 Å². The number of para-hydroxylation sites is 1. The number of rotatable bonds is 14. The van der Waals surface area contributed by atoms with Gasteiger partial charge >= 0.3 is 0 Å². The van der Waals surface area contributed by atoms with Gasteiger partial charge in [-0.2, -0.15) is 0 Å². The first kappa shape index (κ1) is 26.3. The number of H-pyrrole nitrogens is 1. The van der Waals surface area contributed by atoms with Crippen LogP contribution in [-0.4, -0.2) is 52.8 Å². The lowest BCUT2D eigenvalue weighted by atomic mass is 10.1. The van der Waals surface area contributed by atoms with Crippen molar-refractivity contribution in [2.24, 2.45) is 0 Å². The summed E-state index contributed by atoms with van der Waals surface area (Å²) in [6.45, 7) is 8.50. The van der Waals surface area contributed by atoms with E-state index in [0.29, 0.717) is 32.7 Å². The molecular formula is C29H39N3O3. The van der Waals surface area contributed by atoms with Crippen LogP contribution in [0.5, 0.6) is 5.75 Å². The number of hydrogen-bond donors (Lipinski definition) is 1. The maximum atomic E-state index is 13.5. The molecule has 0 spiro atoms. The molecule has 0 aliphatic carbocycles. The third-order valence-corrected chi connectivity index (χ3v) is 6.20. The van der Waals surface area contributed by atoms with E-state index in [4.69, 9.17) is 4.74 Å². The third-order valence-electron chi connectivity index (χ3n) is 6.20. The molecular weight excluding hydrogens is 438 g/mol. The Morgan fingerprint density at radius 3 is 2.37 bits per heavy atom. The van der Waals surface area contributed by atoms with Crippen molar-refractivity contribution < 1.29 is 14.3 Å². The van der Waals surface area contributed by atoms with Crippen LogP contribution in [0.4, 0.5) is 0 Å². The van der Waals surface area contributed by atoms with E-state index in [1.165, 1.54) is 10.9 Å². The first-order valence-corrected chi connectivity index (χ1v) is 12.9. The standard InChI is InChI=1S/C29H39N3O3/c1-4-7-12-28(33)31(18-5-2)22-29(34)32(21-23-13-15-25(16-14-23)35-6-3)19-17-24-20-30-27-11-9-8-10-26(24)27/h8-11,13-16,20,30H,4-7,12,17-19,21-22H2,1-3H3. The van der Waals surface area contributed by atoms with Gasteiger partial charge in [0.15, 0.2) is 0 Å². The quantitative estimate of drug-likeness (QED) is 0.330. The monoisotopic (exact) mass is 477 g/mol. The van der Waals surface area contributed by atoms with Crippen LogP contribution in [0.15, 0.2) is 54.7 Å². The van der Waals surface area contributed by atoms with Gasteiger partial charge in [0.2, 0.25) is 11.8 Å². The minimum atomic E-state index is -0.0166. The number of carbonyl (C=O) groups is 2. The van der Waals surface area contributed by atoms with Gasteiger partial charge in [0, 0.05) is 43.2 Å². The molecule has 35 heavy (non-hydrogen) atoms. The number of nitrogens with one attached hydrogen (secondary N) is 1. The van der Waals surface area contributed by atoms with Crippen molar-refractivity contribution in [3.63, 3.8) is 0 Å². The topological polar surface area (TPSA) is 65.6 Å². The number of ether oxygens (including phenoxy) is 1. The van der Waals surface area contributed by atoms with Gasteiger partial charge in [-0.1, -0.05) is 50.6 Å². The molecule has 6 nitrogen and oxygen atoms in total. The van der Waals surface area contributed by atoms with Crippen molar-refractivity contribution >= 4 is 22.7 Å². The normalized spacial score (nSPS) is 10.9. The molecule has 0 atom stereocenters. The van der Waals surface area contributed by atoms with E-state index in [9.17, 15) is 9.59 Å². The maximum absolute atomic E-state index is 13.5. The summed E-state index contributed by atoms with van der Waals surface area (Å²) >= 11 is 0. The highest BCUT2D eigenvalue weighted by atomic mass is 16.5. The van der Waals surface area contributed by atoms with Gasteiger partial charge in [-0.05, 0) is 55.5 Å². The molecule has 0 unspecified atom stereocenters. The van der Waals surface area contributed by atoms with Crippen LogP contribution in [0.3, 0.4) is 0 Å². The molecule has 0 saturated carbocycles. The third kappa shape index (κ3) is 7.61. The first-order valence-electron chi connectivity index (χ1n) is 12.9. The highest BCUT2D eigenvalue weighted by molar-refractivity contribution is 5.85. The highest BCUT2D eigenvalue weighted by Crippen LogP contribution is 2.20. The Kier molecular flexibility index (Phi) is 10.2. The van der Waals surface area contributed by atoms with Crippen LogP contribution in [0, 0.1) is 0 Å². The van der Waals surface area contributed by atoms with Crippen LogP contribution >= 0.6 is 0 Å². The SMILES string of the molecule is CCCCC(=O)N(CCC)CC(=O)N(CCc1c[nH]c2ccccc12)Cc1ccc(OCC)cc1. The van der Waals surface area contributed by atoms with Crippen LogP contribution in [0.1, 0.15) is 57.6 Å². The Morgan fingerprint density at radius 2 is 1.66 bits per heavy atom. The van der Waals surface area contributed by atoms with Gasteiger partial charge in [-0.3, -0.25) is 9.59 Å². The van der Waals surface area contributed by atoms with Crippen molar-refractivity contribution in [3.05, 3.63) is 65.9 Å². The van der Waals surface area contributed by atoms with Crippen LogP contribution in [0.2, 0.25) is 0 Å². The molecule has 0 aliphatic rings. The summed E-state index contributed by atoms with van der Waals surface area (Å²) in [7, 11) is 0. The average molecular weight is 478 g/mol. The minimum absolute atomic E-state index is 0.0166. The molecule has 0 fully saturated rings. The number of hydrogen-bond acceptors (Lipinski definition) is 3. The molecule has 1 heterocycles. The molecule has 2 aromatic carbocycles. The summed E-state index contributed by atoms with van der Waals surface area (Å²) in [5.74, 6) is 0.875. The number of amides is 2. The molecule has 0 radical (unpaired) electrons. The minimum Gasteiger partial charge on any atom is -0.494 e. The molecule has 188 valence electrons. The van der Waals surface area contributed by atoms with E-state index < -0.39 is 0 Å². The van der Waals surface area contributed by atoms with Gasteiger partial charge in [-0.25, -0.2) is 0 Å². The van der Waals surface area contributed by atoms with E-state index in [-0.39, 0.29) is 18.4 Å². The van der Waals surface area contributed by atoms with E-state index in [1.807, 2.05) is 61.3 Å². The summed E-state index contributed by atoms with van der Waals surface area (Å²) < 4.78 is 5.56. The number of nitrogens with zero attached hydrogens (tertiary/aromatic N) is 2.